The highest BCUT2D eigenvalue weighted by atomic mass is 32.2. The van der Waals surface area contributed by atoms with E-state index in [2.05, 4.69) is 4.18 Å². The van der Waals surface area contributed by atoms with Gasteiger partial charge in [-0.1, -0.05) is 6.92 Å². The molecular formula is C5H11NO3S. The molecule has 0 aromatic heterocycles. The van der Waals surface area contributed by atoms with Crippen LogP contribution in [0.25, 0.3) is 0 Å². The lowest BCUT2D eigenvalue weighted by Crippen LogP contribution is -2.12. The van der Waals surface area contributed by atoms with Gasteiger partial charge in [0.1, 0.15) is 0 Å². The van der Waals surface area contributed by atoms with Crippen molar-refractivity contribution in [1.82, 2.24) is 0 Å². The smallest absolute Gasteiger partial charge is 0.310 e. The van der Waals surface area contributed by atoms with E-state index in [0.717, 1.165) is 0 Å². The zero-order chi connectivity index (χ0) is 8.20. The summed E-state index contributed by atoms with van der Waals surface area (Å²) in [7, 11) is -3.46. The highest BCUT2D eigenvalue weighted by Gasteiger charge is 2.09. The average Bonchev–Trinajstić information content (AvgIpc) is 1.59. The van der Waals surface area contributed by atoms with Gasteiger partial charge in [0, 0.05) is 6.92 Å². The predicted octanol–water partition coefficient (Wildman–Crippen LogP) is 0.740. The van der Waals surface area contributed by atoms with E-state index in [4.69, 9.17) is 5.41 Å². The van der Waals surface area contributed by atoms with Crippen LogP contribution in [0.2, 0.25) is 0 Å². The molecule has 0 aliphatic carbocycles. The fourth-order valence-corrected chi connectivity index (χ4v) is 1.45. The van der Waals surface area contributed by atoms with Crippen molar-refractivity contribution < 1.29 is 12.6 Å². The Morgan fingerprint density at radius 1 is 1.60 bits per heavy atom. The molecule has 4 nitrogen and oxygen atoms in total. The van der Waals surface area contributed by atoms with E-state index in [9.17, 15) is 8.42 Å². The molecular weight excluding hydrogens is 154 g/mol. The molecule has 0 saturated carbocycles. The number of hydrogen-bond acceptors (Lipinski definition) is 4. The zero-order valence-corrected chi connectivity index (χ0v) is 6.86. The van der Waals surface area contributed by atoms with Crippen LogP contribution in [0.5, 0.6) is 0 Å². The van der Waals surface area contributed by atoms with Crippen LogP contribution in [0.4, 0.5) is 0 Å². The second kappa shape index (κ2) is 3.55. The van der Waals surface area contributed by atoms with Crippen LogP contribution in [0.3, 0.4) is 0 Å². The molecule has 0 unspecified atom stereocenters. The Morgan fingerprint density at radius 2 is 2.10 bits per heavy atom. The summed E-state index contributed by atoms with van der Waals surface area (Å²) in [6.45, 7) is 3.02. The lowest BCUT2D eigenvalue weighted by atomic mass is 10.6. The third-order valence-electron chi connectivity index (χ3n) is 0.706. The quantitative estimate of drug-likeness (QED) is 0.381. The van der Waals surface area contributed by atoms with Crippen LogP contribution in [-0.4, -0.2) is 20.1 Å². The first-order valence-electron chi connectivity index (χ1n) is 2.95. The van der Waals surface area contributed by atoms with Crippen molar-refractivity contribution in [3.8, 4) is 0 Å². The van der Waals surface area contributed by atoms with Crippen LogP contribution >= 0.6 is 0 Å². The van der Waals surface area contributed by atoms with Gasteiger partial charge >= 0.3 is 10.1 Å². The summed E-state index contributed by atoms with van der Waals surface area (Å²) < 4.78 is 25.6. The minimum Gasteiger partial charge on any atom is -0.367 e. The lowest BCUT2D eigenvalue weighted by Gasteiger charge is -2.01. The molecule has 60 valence electrons. The normalized spacial score (nSPS) is 11.0. The maximum atomic E-state index is 10.7. The molecule has 0 amide bonds. The molecule has 5 heteroatoms. The summed E-state index contributed by atoms with van der Waals surface area (Å²) in [5.41, 5.74) is 0. The highest BCUT2D eigenvalue weighted by Crippen LogP contribution is 1.95. The van der Waals surface area contributed by atoms with Gasteiger partial charge in [0.15, 0.2) is 5.90 Å². The van der Waals surface area contributed by atoms with Crippen molar-refractivity contribution in [1.29, 1.82) is 5.41 Å². The van der Waals surface area contributed by atoms with Gasteiger partial charge in [-0.3, -0.25) is 5.41 Å². The first-order valence-corrected chi connectivity index (χ1v) is 4.53. The molecule has 0 fully saturated rings. The van der Waals surface area contributed by atoms with E-state index < -0.39 is 10.1 Å². The average molecular weight is 165 g/mol. The fraction of sp³-hybridized carbons (Fsp3) is 0.800. The SMILES string of the molecule is CCCS(=O)(=O)OC(C)=N. The molecule has 0 aromatic rings. The van der Waals surface area contributed by atoms with Gasteiger partial charge in [0.05, 0.1) is 5.75 Å². The molecule has 0 aliphatic rings. The van der Waals surface area contributed by atoms with Crippen LogP contribution in [0.1, 0.15) is 20.3 Å². The summed E-state index contributed by atoms with van der Waals surface area (Å²) in [6, 6.07) is 0. The van der Waals surface area contributed by atoms with Gasteiger partial charge in [-0.05, 0) is 6.42 Å². The highest BCUT2D eigenvalue weighted by molar-refractivity contribution is 7.87. The fourth-order valence-electron chi connectivity index (χ4n) is 0.482. The van der Waals surface area contributed by atoms with E-state index in [1.165, 1.54) is 6.92 Å². The lowest BCUT2D eigenvalue weighted by molar-refractivity contribution is 0.477. The number of hydrogen-bond donors (Lipinski definition) is 1. The molecule has 1 N–H and O–H groups in total. The predicted molar refractivity (Wildman–Crippen MR) is 38.6 cm³/mol. The molecule has 0 saturated heterocycles. The molecule has 0 aromatic carbocycles. The molecule has 0 bridgehead atoms. The van der Waals surface area contributed by atoms with Crippen molar-refractivity contribution in [3.63, 3.8) is 0 Å². The topological polar surface area (TPSA) is 67.2 Å². The number of rotatable bonds is 3. The zero-order valence-electron chi connectivity index (χ0n) is 6.05. The van der Waals surface area contributed by atoms with E-state index in [0.29, 0.717) is 6.42 Å². The third-order valence-corrected chi connectivity index (χ3v) is 2.12. The Bertz CT molecular complexity index is 207. The summed E-state index contributed by atoms with van der Waals surface area (Å²) in [4.78, 5) is 0. The van der Waals surface area contributed by atoms with Gasteiger partial charge in [-0.25, -0.2) is 0 Å². The van der Waals surface area contributed by atoms with Gasteiger partial charge in [-0.2, -0.15) is 8.42 Å². The monoisotopic (exact) mass is 165 g/mol. The van der Waals surface area contributed by atoms with Gasteiger partial charge in [-0.15, -0.1) is 0 Å². The van der Waals surface area contributed by atoms with Crippen LogP contribution in [0, 0.1) is 5.41 Å². The van der Waals surface area contributed by atoms with E-state index >= 15 is 0 Å². The van der Waals surface area contributed by atoms with Gasteiger partial charge < -0.3 is 4.18 Å². The Kier molecular flexibility index (Phi) is 3.35. The van der Waals surface area contributed by atoms with Crippen molar-refractivity contribution in [2.75, 3.05) is 5.75 Å². The molecule has 0 heterocycles. The van der Waals surface area contributed by atoms with Crippen LogP contribution in [0.15, 0.2) is 0 Å². The minimum absolute atomic E-state index is 0.0246. The Hall–Kier alpha value is -0.580. The summed E-state index contributed by atoms with van der Waals surface area (Å²) in [6.07, 6.45) is 0.510. The van der Waals surface area contributed by atoms with E-state index in [1.54, 1.807) is 6.92 Å². The Labute approximate surface area is 60.8 Å². The molecule has 0 aliphatic heterocycles. The number of nitrogens with one attached hydrogen (secondary N) is 1. The molecule has 0 spiro atoms. The van der Waals surface area contributed by atoms with Crippen molar-refractivity contribution >= 4 is 16.0 Å². The summed E-state index contributed by atoms with van der Waals surface area (Å²) in [5, 5.41) is 6.73. The van der Waals surface area contributed by atoms with E-state index in [-0.39, 0.29) is 11.7 Å². The summed E-state index contributed by atoms with van der Waals surface area (Å²) in [5.74, 6) is -0.308. The first-order chi connectivity index (χ1) is 4.48. The maximum Gasteiger partial charge on any atom is 0.310 e. The van der Waals surface area contributed by atoms with Crippen molar-refractivity contribution in [2.24, 2.45) is 0 Å². The largest absolute Gasteiger partial charge is 0.367 e. The van der Waals surface area contributed by atoms with Crippen LogP contribution in [-0.2, 0) is 14.3 Å². The Morgan fingerprint density at radius 3 is 2.40 bits per heavy atom. The van der Waals surface area contributed by atoms with Gasteiger partial charge in [0.2, 0.25) is 0 Å². The first kappa shape index (κ1) is 9.42. The second-order valence-corrected chi connectivity index (χ2v) is 3.59. The van der Waals surface area contributed by atoms with E-state index in [1.807, 2.05) is 0 Å². The maximum absolute atomic E-state index is 10.7. The van der Waals surface area contributed by atoms with Crippen molar-refractivity contribution in [3.05, 3.63) is 0 Å². The molecule has 0 rings (SSSR count). The molecule has 10 heavy (non-hydrogen) atoms. The molecule has 0 radical (unpaired) electrons. The van der Waals surface area contributed by atoms with Crippen LogP contribution < -0.4 is 0 Å². The summed E-state index contributed by atoms with van der Waals surface area (Å²) >= 11 is 0. The molecule has 0 atom stereocenters. The Balaban J connectivity index is 4.02. The standard InChI is InChI=1S/C5H11NO3S/c1-3-4-10(7,8)9-5(2)6/h6H,3-4H2,1-2H3. The van der Waals surface area contributed by atoms with Gasteiger partial charge in [0.25, 0.3) is 0 Å². The third kappa shape index (κ3) is 4.31. The van der Waals surface area contributed by atoms with Crippen molar-refractivity contribution in [2.45, 2.75) is 20.3 Å². The minimum atomic E-state index is -3.46. The second-order valence-electron chi connectivity index (χ2n) is 1.90.